The van der Waals surface area contributed by atoms with E-state index in [1.807, 2.05) is 34.2 Å². The van der Waals surface area contributed by atoms with Crippen molar-refractivity contribution in [2.75, 3.05) is 4.90 Å². The number of amides is 1. The number of carbonyl (C=O) groups excluding carboxylic acids is 1. The van der Waals surface area contributed by atoms with E-state index in [0.29, 0.717) is 26.9 Å². The molecule has 174 valence electrons. The van der Waals surface area contributed by atoms with E-state index in [2.05, 4.69) is 4.98 Å². The van der Waals surface area contributed by atoms with Crippen LogP contribution in [-0.2, 0) is 10.5 Å². The van der Waals surface area contributed by atoms with Crippen molar-refractivity contribution in [2.45, 2.75) is 49.6 Å². The zero-order valence-electron chi connectivity index (χ0n) is 18.6. The fourth-order valence-electron chi connectivity index (χ4n) is 4.36. The Morgan fingerprint density at radius 3 is 2.65 bits per heavy atom. The Kier molecular flexibility index (Phi) is 6.47. The van der Waals surface area contributed by atoms with Crippen molar-refractivity contribution in [1.82, 2.24) is 14.5 Å². The monoisotopic (exact) mass is 494 g/mol. The van der Waals surface area contributed by atoms with Crippen molar-refractivity contribution in [3.8, 4) is 0 Å². The molecule has 5 rings (SSSR count). The largest absolute Gasteiger partial charge is 0.284 e. The minimum atomic E-state index is -0.482. The molecule has 2 aromatic heterocycles. The fourth-order valence-corrected chi connectivity index (χ4v) is 6.30. The summed E-state index contributed by atoms with van der Waals surface area (Å²) in [6.07, 6.45) is 4.18. The zero-order chi connectivity index (χ0) is 23.7. The number of rotatable bonds is 6. The van der Waals surface area contributed by atoms with Crippen LogP contribution in [0, 0.1) is 5.82 Å². The van der Waals surface area contributed by atoms with E-state index in [0.717, 1.165) is 31.4 Å². The van der Waals surface area contributed by atoms with Crippen molar-refractivity contribution >= 4 is 50.7 Å². The molecule has 0 aliphatic heterocycles. The van der Waals surface area contributed by atoms with Crippen molar-refractivity contribution in [3.05, 3.63) is 75.8 Å². The van der Waals surface area contributed by atoms with Crippen LogP contribution >= 0.6 is 23.1 Å². The highest BCUT2D eigenvalue weighted by molar-refractivity contribution is 7.98. The van der Waals surface area contributed by atoms with Gasteiger partial charge in [0.2, 0.25) is 5.91 Å². The molecule has 6 nitrogen and oxygen atoms in total. The Bertz CT molecular complexity index is 1410. The predicted octanol–water partition coefficient (Wildman–Crippen LogP) is 6.08. The second-order valence-electron chi connectivity index (χ2n) is 8.24. The molecule has 34 heavy (non-hydrogen) atoms. The van der Waals surface area contributed by atoms with Gasteiger partial charge in [0.15, 0.2) is 10.3 Å². The molecular formula is C25H23FN4O2S2. The van der Waals surface area contributed by atoms with Crippen LogP contribution in [0.25, 0.3) is 10.9 Å². The van der Waals surface area contributed by atoms with Crippen LogP contribution in [0.3, 0.4) is 0 Å². The van der Waals surface area contributed by atoms with Gasteiger partial charge in [-0.05, 0) is 37.1 Å². The Morgan fingerprint density at radius 1 is 1.15 bits per heavy atom. The molecule has 1 aliphatic carbocycles. The SMILES string of the molecule is CC(=O)N(c1nc(CSc2nc3ccccc3c(=O)n2C2CCCC2)cs1)c1ccccc1F. The summed E-state index contributed by atoms with van der Waals surface area (Å²) in [7, 11) is 0. The number of hydrogen-bond donors (Lipinski definition) is 0. The topological polar surface area (TPSA) is 68.1 Å². The summed E-state index contributed by atoms with van der Waals surface area (Å²) < 4.78 is 16.2. The molecule has 0 bridgehead atoms. The molecule has 2 heterocycles. The maximum atomic E-state index is 14.4. The van der Waals surface area contributed by atoms with Gasteiger partial charge in [-0.25, -0.2) is 14.4 Å². The quantitative estimate of drug-likeness (QED) is 0.240. The molecule has 4 aromatic rings. The first-order valence-electron chi connectivity index (χ1n) is 11.2. The van der Waals surface area contributed by atoms with E-state index in [1.165, 1.54) is 41.0 Å². The number of anilines is 2. The van der Waals surface area contributed by atoms with Crippen LogP contribution in [0.15, 0.2) is 63.9 Å². The molecule has 2 aromatic carbocycles. The number of thioether (sulfide) groups is 1. The maximum absolute atomic E-state index is 14.4. The molecule has 9 heteroatoms. The van der Waals surface area contributed by atoms with Gasteiger partial charge < -0.3 is 0 Å². The summed E-state index contributed by atoms with van der Waals surface area (Å²) >= 11 is 2.75. The number of benzene rings is 2. The first kappa shape index (κ1) is 22.7. The van der Waals surface area contributed by atoms with Crippen LogP contribution in [0.4, 0.5) is 15.2 Å². The van der Waals surface area contributed by atoms with E-state index >= 15 is 0 Å². The first-order chi connectivity index (χ1) is 16.5. The average molecular weight is 495 g/mol. The van der Waals surface area contributed by atoms with E-state index < -0.39 is 5.82 Å². The molecule has 0 radical (unpaired) electrons. The molecule has 1 fully saturated rings. The highest BCUT2D eigenvalue weighted by Gasteiger charge is 2.24. The Balaban J connectivity index is 1.44. The Labute approximate surface area is 204 Å². The van der Waals surface area contributed by atoms with Gasteiger partial charge in [-0.15, -0.1) is 11.3 Å². The second kappa shape index (κ2) is 9.68. The summed E-state index contributed by atoms with van der Waals surface area (Å²) in [5, 5.41) is 3.59. The third kappa shape index (κ3) is 4.37. The molecule has 0 spiro atoms. The van der Waals surface area contributed by atoms with E-state index in [9.17, 15) is 14.0 Å². The maximum Gasteiger partial charge on any atom is 0.262 e. The molecule has 1 amide bonds. The van der Waals surface area contributed by atoms with Crippen molar-refractivity contribution in [1.29, 1.82) is 0 Å². The minimum Gasteiger partial charge on any atom is -0.284 e. The summed E-state index contributed by atoms with van der Waals surface area (Å²) in [4.78, 5) is 36.3. The lowest BCUT2D eigenvalue weighted by atomic mass is 10.2. The average Bonchev–Trinajstić information content (AvgIpc) is 3.52. The van der Waals surface area contributed by atoms with E-state index in [-0.39, 0.29) is 23.2 Å². The highest BCUT2D eigenvalue weighted by atomic mass is 32.2. The third-order valence-electron chi connectivity index (χ3n) is 5.95. The van der Waals surface area contributed by atoms with Crippen LogP contribution in [0.5, 0.6) is 0 Å². The summed E-state index contributed by atoms with van der Waals surface area (Å²) in [6, 6.07) is 13.8. The molecule has 1 saturated carbocycles. The number of aromatic nitrogens is 3. The minimum absolute atomic E-state index is 0.00118. The number of halogens is 1. The van der Waals surface area contributed by atoms with E-state index in [4.69, 9.17) is 4.98 Å². The van der Waals surface area contributed by atoms with Crippen LogP contribution in [0.1, 0.15) is 44.3 Å². The molecular weight excluding hydrogens is 471 g/mol. The van der Waals surface area contributed by atoms with Crippen LogP contribution in [-0.4, -0.2) is 20.4 Å². The summed E-state index contributed by atoms with van der Waals surface area (Å²) in [6.45, 7) is 1.39. The van der Waals surface area contributed by atoms with Gasteiger partial charge in [0.1, 0.15) is 5.82 Å². The number of hydrogen-bond acceptors (Lipinski definition) is 6. The lowest BCUT2D eigenvalue weighted by molar-refractivity contribution is -0.115. The summed E-state index contributed by atoms with van der Waals surface area (Å²) in [5.74, 6) is -0.313. The second-order valence-corrected chi connectivity index (χ2v) is 10.0. The van der Waals surface area contributed by atoms with Crippen molar-refractivity contribution in [3.63, 3.8) is 0 Å². The first-order valence-corrected chi connectivity index (χ1v) is 13.0. The normalized spacial score (nSPS) is 14.1. The highest BCUT2D eigenvalue weighted by Crippen LogP contribution is 2.35. The lowest BCUT2D eigenvalue weighted by Crippen LogP contribution is -2.26. The van der Waals surface area contributed by atoms with Gasteiger partial charge in [-0.1, -0.05) is 48.9 Å². The van der Waals surface area contributed by atoms with Gasteiger partial charge in [-0.2, -0.15) is 0 Å². The van der Waals surface area contributed by atoms with Crippen LogP contribution in [0.2, 0.25) is 0 Å². The van der Waals surface area contributed by atoms with E-state index in [1.54, 1.807) is 18.2 Å². The van der Waals surface area contributed by atoms with Gasteiger partial charge in [-0.3, -0.25) is 19.1 Å². The standard InChI is InChI=1S/C25H23FN4O2S2/c1-16(31)29(22-13-7-5-11-20(22)26)24-27-17(14-33-24)15-34-25-28-21-12-6-4-10-19(21)23(32)30(25)18-8-2-3-9-18/h4-7,10-14,18H,2-3,8-9,15H2,1H3. The molecule has 0 atom stereocenters. The zero-order valence-corrected chi connectivity index (χ0v) is 20.2. The number of nitrogens with zero attached hydrogens (tertiary/aromatic N) is 4. The lowest BCUT2D eigenvalue weighted by Gasteiger charge is -2.19. The van der Waals surface area contributed by atoms with Gasteiger partial charge in [0.05, 0.1) is 22.3 Å². The molecule has 1 aliphatic rings. The van der Waals surface area contributed by atoms with Crippen molar-refractivity contribution in [2.24, 2.45) is 0 Å². The van der Waals surface area contributed by atoms with Gasteiger partial charge >= 0.3 is 0 Å². The predicted molar refractivity (Wildman–Crippen MR) is 134 cm³/mol. The fraction of sp³-hybridized carbons (Fsp3) is 0.280. The van der Waals surface area contributed by atoms with Gasteiger partial charge in [0, 0.05) is 24.1 Å². The summed E-state index contributed by atoms with van der Waals surface area (Å²) in [5.41, 5.74) is 1.61. The number of carbonyl (C=O) groups is 1. The van der Waals surface area contributed by atoms with Crippen molar-refractivity contribution < 1.29 is 9.18 Å². The molecule has 0 unspecified atom stereocenters. The number of thiazole rings is 1. The Hall–Kier alpha value is -3.04. The number of fused-ring (bicyclic) bond motifs is 1. The Morgan fingerprint density at radius 2 is 1.88 bits per heavy atom. The number of para-hydroxylation sites is 2. The molecule has 0 saturated heterocycles. The van der Waals surface area contributed by atoms with Gasteiger partial charge in [0.25, 0.3) is 5.56 Å². The molecule has 0 N–H and O–H groups in total. The van der Waals surface area contributed by atoms with Crippen LogP contribution < -0.4 is 10.5 Å². The smallest absolute Gasteiger partial charge is 0.262 e. The third-order valence-corrected chi connectivity index (χ3v) is 7.81.